The molecule has 1 aromatic carbocycles. The maximum absolute atomic E-state index is 13.5. The quantitative estimate of drug-likeness (QED) is 0.430. The van der Waals surface area contributed by atoms with Crippen molar-refractivity contribution in [3.8, 4) is 0 Å². The van der Waals surface area contributed by atoms with Gasteiger partial charge in [-0.1, -0.05) is 15.9 Å². The number of carbonyl (C=O) groups excluding carboxylic acids is 4. The van der Waals surface area contributed by atoms with Crippen molar-refractivity contribution in [2.45, 2.75) is 25.7 Å². The second-order valence-corrected chi connectivity index (χ2v) is 7.65. The van der Waals surface area contributed by atoms with E-state index in [1.54, 1.807) is 32.0 Å². The largest absolute Gasteiger partial charge is 0.466 e. The van der Waals surface area contributed by atoms with Crippen LogP contribution in [-0.2, 0) is 43.5 Å². The molecule has 0 radical (unpaired) electrons. The summed E-state index contributed by atoms with van der Waals surface area (Å²) < 4.78 is 21.0. The average Bonchev–Trinajstić information content (AvgIpc) is 3.00. The molecular formula is C21H21BrN2O8. The Morgan fingerprint density at radius 2 is 1.81 bits per heavy atom. The Balaban J connectivity index is 2.41. The van der Waals surface area contributed by atoms with Crippen LogP contribution in [0.5, 0.6) is 0 Å². The van der Waals surface area contributed by atoms with Crippen LogP contribution in [0.1, 0.15) is 25.8 Å². The number of anilines is 1. The number of fused-ring (bicyclic) bond motifs is 2. The Labute approximate surface area is 191 Å². The minimum Gasteiger partial charge on any atom is -0.466 e. The van der Waals surface area contributed by atoms with Crippen LogP contribution >= 0.6 is 15.9 Å². The van der Waals surface area contributed by atoms with E-state index in [9.17, 15) is 19.2 Å². The number of esters is 4. The highest BCUT2D eigenvalue weighted by Gasteiger charge is 2.63. The smallest absolute Gasteiger partial charge is 0.339 e. The van der Waals surface area contributed by atoms with Crippen molar-refractivity contribution in [3.05, 3.63) is 51.0 Å². The van der Waals surface area contributed by atoms with Crippen LogP contribution in [0.4, 0.5) is 5.69 Å². The fourth-order valence-corrected chi connectivity index (χ4v) is 4.17. The monoisotopic (exact) mass is 508 g/mol. The van der Waals surface area contributed by atoms with Gasteiger partial charge in [-0.05, 0) is 32.0 Å². The number of hydrogen-bond donors (Lipinski definition) is 2. The summed E-state index contributed by atoms with van der Waals surface area (Å²) in [5, 5.41) is 2.85. The zero-order valence-electron chi connectivity index (χ0n) is 17.6. The molecule has 0 fully saturated rings. The van der Waals surface area contributed by atoms with Crippen LogP contribution in [0.2, 0.25) is 0 Å². The standard InChI is InChI=1S/C21H21BrN2O8/c1-4-30-14(25)9-13-15(19(27)31-5-2)21(20(28)32-13)11-8-10(22)6-7-12(11)24-17(23)16(21)18(26)29-3/h6-8,24H,4-5,9,23H2,1-3H3/t21-/m1/s1. The van der Waals surface area contributed by atoms with Crippen molar-refractivity contribution in [2.24, 2.45) is 5.73 Å². The molecule has 11 heteroatoms. The zero-order valence-corrected chi connectivity index (χ0v) is 19.2. The summed E-state index contributed by atoms with van der Waals surface area (Å²) in [5.41, 5.74) is 3.90. The highest BCUT2D eigenvalue weighted by Crippen LogP contribution is 2.53. The first-order valence-electron chi connectivity index (χ1n) is 9.66. The number of rotatable bonds is 6. The van der Waals surface area contributed by atoms with Gasteiger partial charge >= 0.3 is 23.9 Å². The number of carbonyl (C=O) groups is 4. The summed E-state index contributed by atoms with van der Waals surface area (Å²) in [4.78, 5) is 51.7. The van der Waals surface area contributed by atoms with Gasteiger partial charge in [0.05, 0.1) is 20.3 Å². The van der Waals surface area contributed by atoms with Crippen LogP contribution in [0, 0.1) is 0 Å². The van der Waals surface area contributed by atoms with Gasteiger partial charge in [-0.15, -0.1) is 0 Å². The highest BCUT2D eigenvalue weighted by atomic mass is 79.9. The first-order chi connectivity index (χ1) is 15.2. The van der Waals surface area contributed by atoms with E-state index in [1.165, 1.54) is 0 Å². The minimum absolute atomic E-state index is 0.0321. The van der Waals surface area contributed by atoms with Crippen molar-refractivity contribution >= 4 is 45.5 Å². The number of ether oxygens (including phenoxy) is 4. The van der Waals surface area contributed by atoms with Gasteiger partial charge in [-0.25, -0.2) is 14.4 Å². The maximum Gasteiger partial charge on any atom is 0.339 e. The Kier molecular flexibility index (Phi) is 6.58. The molecule has 3 N–H and O–H groups in total. The van der Waals surface area contributed by atoms with Gasteiger partial charge in [-0.2, -0.15) is 0 Å². The number of nitrogens with one attached hydrogen (secondary N) is 1. The lowest BCUT2D eigenvalue weighted by atomic mass is 9.66. The molecule has 3 rings (SSSR count). The van der Waals surface area contributed by atoms with E-state index >= 15 is 0 Å². The van der Waals surface area contributed by atoms with E-state index in [-0.39, 0.29) is 41.5 Å². The number of halogens is 1. The van der Waals surface area contributed by atoms with Crippen LogP contribution in [-0.4, -0.2) is 44.2 Å². The van der Waals surface area contributed by atoms with E-state index in [1.807, 2.05) is 0 Å². The molecule has 1 atom stereocenters. The Bertz CT molecular complexity index is 1080. The van der Waals surface area contributed by atoms with Gasteiger partial charge in [0.25, 0.3) is 0 Å². The summed E-state index contributed by atoms with van der Waals surface area (Å²) in [5.74, 6) is -4.12. The van der Waals surface area contributed by atoms with Gasteiger partial charge in [0.1, 0.15) is 29.1 Å². The van der Waals surface area contributed by atoms with Crippen LogP contribution < -0.4 is 11.1 Å². The van der Waals surface area contributed by atoms with Crippen molar-refractivity contribution in [2.75, 3.05) is 25.6 Å². The van der Waals surface area contributed by atoms with Crippen molar-refractivity contribution in [1.29, 1.82) is 0 Å². The molecule has 0 unspecified atom stereocenters. The van der Waals surface area contributed by atoms with Gasteiger partial charge in [0.2, 0.25) is 0 Å². The molecule has 32 heavy (non-hydrogen) atoms. The summed E-state index contributed by atoms with van der Waals surface area (Å²) in [7, 11) is 1.11. The fraction of sp³-hybridized carbons (Fsp3) is 0.333. The normalized spacial score (nSPS) is 19.3. The van der Waals surface area contributed by atoms with Gasteiger partial charge in [-0.3, -0.25) is 4.79 Å². The van der Waals surface area contributed by atoms with Crippen molar-refractivity contribution < 1.29 is 38.1 Å². The molecule has 0 saturated carbocycles. The molecule has 2 aliphatic heterocycles. The maximum atomic E-state index is 13.5. The topological polar surface area (TPSA) is 143 Å². The van der Waals surface area contributed by atoms with E-state index in [0.717, 1.165) is 7.11 Å². The molecule has 0 amide bonds. The SMILES string of the molecule is CCOC(=O)CC1=C(C(=O)OCC)[C@@]2(C(=O)O1)C(C(=O)OC)=C(N)Nc1ccc(Br)cc12. The zero-order chi connectivity index (χ0) is 23.6. The summed E-state index contributed by atoms with van der Waals surface area (Å²) in [6.07, 6.45) is -0.527. The van der Waals surface area contributed by atoms with Crippen molar-refractivity contribution in [3.63, 3.8) is 0 Å². The number of methoxy groups -OCH3 is 1. The molecule has 170 valence electrons. The molecule has 2 heterocycles. The third-order valence-corrected chi connectivity index (χ3v) is 5.45. The predicted molar refractivity (Wildman–Crippen MR) is 114 cm³/mol. The molecular weight excluding hydrogens is 488 g/mol. The molecule has 2 aliphatic rings. The highest BCUT2D eigenvalue weighted by molar-refractivity contribution is 9.10. The lowest BCUT2D eigenvalue weighted by Crippen LogP contribution is -2.47. The fourth-order valence-electron chi connectivity index (χ4n) is 3.81. The molecule has 10 nitrogen and oxygen atoms in total. The van der Waals surface area contributed by atoms with E-state index in [0.29, 0.717) is 10.2 Å². The summed E-state index contributed by atoms with van der Waals surface area (Å²) >= 11 is 3.34. The van der Waals surface area contributed by atoms with Gasteiger partial charge in [0, 0.05) is 15.7 Å². The molecule has 0 aliphatic carbocycles. The molecule has 1 aromatic rings. The second kappa shape index (κ2) is 9.03. The number of benzene rings is 1. The molecule has 0 aromatic heterocycles. The van der Waals surface area contributed by atoms with Crippen LogP contribution in [0.15, 0.2) is 45.4 Å². The predicted octanol–water partition coefficient (Wildman–Crippen LogP) is 1.78. The summed E-state index contributed by atoms with van der Waals surface area (Å²) in [6.45, 7) is 3.24. The summed E-state index contributed by atoms with van der Waals surface area (Å²) in [6, 6.07) is 4.84. The van der Waals surface area contributed by atoms with E-state index in [2.05, 4.69) is 21.2 Å². The Hall–Kier alpha value is -3.34. The number of cyclic esters (lactones) is 1. The second-order valence-electron chi connectivity index (χ2n) is 6.74. The molecule has 0 saturated heterocycles. The van der Waals surface area contributed by atoms with Gasteiger partial charge < -0.3 is 30.0 Å². The van der Waals surface area contributed by atoms with Gasteiger partial charge in [0.15, 0.2) is 5.41 Å². The van der Waals surface area contributed by atoms with Crippen LogP contribution in [0.3, 0.4) is 0 Å². The third-order valence-electron chi connectivity index (χ3n) is 4.95. The number of nitrogens with two attached hydrogens (primary N) is 1. The van der Waals surface area contributed by atoms with Crippen LogP contribution in [0.25, 0.3) is 0 Å². The lowest BCUT2D eigenvalue weighted by Gasteiger charge is -2.35. The van der Waals surface area contributed by atoms with Crippen molar-refractivity contribution in [1.82, 2.24) is 0 Å². The average molecular weight is 509 g/mol. The third kappa shape index (κ3) is 3.62. The van der Waals surface area contributed by atoms with E-state index < -0.39 is 35.7 Å². The Morgan fingerprint density at radius 1 is 1.12 bits per heavy atom. The molecule has 1 spiro atoms. The Morgan fingerprint density at radius 3 is 2.44 bits per heavy atom. The first-order valence-corrected chi connectivity index (χ1v) is 10.5. The van der Waals surface area contributed by atoms with E-state index in [4.69, 9.17) is 24.7 Å². The molecule has 0 bridgehead atoms. The minimum atomic E-state index is -2.12. The first kappa shape index (κ1) is 23.3. The number of hydrogen-bond acceptors (Lipinski definition) is 10. The lowest BCUT2D eigenvalue weighted by molar-refractivity contribution is -0.147.